The predicted octanol–water partition coefficient (Wildman–Crippen LogP) is 4.84. The average Bonchev–Trinajstić information content (AvgIpc) is 3.55. The zero-order valence-electron chi connectivity index (χ0n) is 27.9. The maximum Gasteiger partial charge on any atom is 0.323 e. The Balaban J connectivity index is 1.43. The van der Waals surface area contributed by atoms with Crippen molar-refractivity contribution in [3.8, 4) is 18.1 Å². The van der Waals surface area contributed by atoms with Gasteiger partial charge in [0.15, 0.2) is 23.2 Å². The number of carbonyl (C=O) groups excluding carboxylic acids is 1. The molecule has 2 aromatic carbocycles. The number of aryl methyl sites for hydroxylation is 1. The van der Waals surface area contributed by atoms with Crippen LogP contribution >= 0.6 is 6.64 Å². The first-order valence-corrected chi connectivity index (χ1v) is 17.9. The molecule has 5 rings (SSSR count). The fourth-order valence-corrected chi connectivity index (χ4v) is 7.59. The van der Waals surface area contributed by atoms with Crippen LogP contribution in [0.25, 0.3) is 21.9 Å². The minimum absolute atomic E-state index is 0.184. The number of ether oxygens (including phenoxy) is 2. The summed E-state index contributed by atoms with van der Waals surface area (Å²) in [5.74, 6) is 2.87. The second-order valence-electron chi connectivity index (χ2n) is 13.1. The van der Waals surface area contributed by atoms with Gasteiger partial charge in [0.25, 0.3) is 0 Å². The number of terminal acetylenes is 1. The molecule has 1 saturated heterocycles. The maximum atomic E-state index is 16.5. The molecule has 2 aromatic heterocycles. The standard InChI is InChI=1S/C33H40FN6O6PS/c1-9-33(34)27(41)25(45-31(33)40-19-35-26-28(39(7)8)36-21(3)37-29(26)40)17-44-47(48,38-20(2)30(42)43-18-32(4,5)6)46-24-16-12-14-22-13-10-11-15-23(22)24/h1,10-16,19-20,25,27,31,41H,17-18H2,2-8H3,(H,38,48)/t20-,25+,27+,31+,33+,47?/m0/s1. The number of hydrogen-bond donors (Lipinski definition) is 2. The number of hydrogen-bond acceptors (Lipinski definition) is 11. The van der Waals surface area contributed by atoms with Crippen molar-refractivity contribution in [3.63, 3.8) is 0 Å². The summed E-state index contributed by atoms with van der Waals surface area (Å²) < 4.78 is 42.0. The van der Waals surface area contributed by atoms with Crippen LogP contribution in [0.1, 0.15) is 39.7 Å². The fourth-order valence-electron chi connectivity index (χ4n) is 5.17. The first-order valence-electron chi connectivity index (χ1n) is 15.3. The molecule has 48 heavy (non-hydrogen) atoms. The molecule has 1 aliphatic heterocycles. The summed E-state index contributed by atoms with van der Waals surface area (Å²) in [6.45, 7) is 5.24. The first kappa shape index (κ1) is 35.6. The van der Waals surface area contributed by atoms with Crippen molar-refractivity contribution in [1.82, 2.24) is 24.6 Å². The van der Waals surface area contributed by atoms with Gasteiger partial charge in [0, 0.05) is 19.5 Å². The number of fused-ring (bicyclic) bond motifs is 2. The summed E-state index contributed by atoms with van der Waals surface area (Å²) in [5.41, 5.74) is -2.28. The molecule has 0 amide bonds. The molecule has 3 heterocycles. The molecule has 0 radical (unpaired) electrons. The summed E-state index contributed by atoms with van der Waals surface area (Å²) in [6.07, 6.45) is 2.38. The highest BCUT2D eigenvalue weighted by atomic mass is 32.5. The molecule has 2 N–H and O–H groups in total. The minimum Gasteiger partial charge on any atom is -0.464 e. The van der Waals surface area contributed by atoms with E-state index in [1.165, 1.54) is 10.9 Å². The molecular formula is C33H40FN6O6PS. The number of imidazole rings is 1. The Bertz CT molecular complexity index is 1910. The number of anilines is 1. The number of aromatic nitrogens is 4. The van der Waals surface area contributed by atoms with Gasteiger partial charge in [-0.05, 0) is 42.5 Å². The Morgan fingerprint density at radius 3 is 2.67 bits per heavy atom. The van der Waals surface area contributed by atoms with Crippen LogP contribution in [0, 0.1) is 24.7 Å². The molecular weight excluding hydrogens is 658 g/mol. The topological polar surface area (TPSA) is 133 Å². The second kappa shape index (κ2) is 13.7. The summed E-state index contributed by atoms with van der Waals surface area (Å²) in [5, 5.41) is 15.9. The Hall–Kier alpha value is -3.70. The summed E-state index contributed by atoms with van der Waals surface area (Å²) in [4.78, 5) is 28.0. The zero-order valence-corrected chi connectivity index (χ0v) is 29.6. The van der Waals surface area contributed by atoms with Gasteiger partial charge in [0.1, 0.15) is 29.8 Å². The molecule has 1 aliphatic rings. The van der Waals surface area contributed by atoms with Crippen LogP contribution in [-0.4, -0.2) is 81.8 Å². The van der Waals surface area contributed by atoms with E-state index in [4.69, 9.17) is 36.8 Å². The highest BCUT2D eigenvalue weighted by Gasteiger charge is 2.58. The third-order valence-corrected chi connectivity index (χ3v) is 10.1. The third-order valence-electron chi connectivity index (χ3n) is 7.59. The van der Waals surface area contributed by atoms with Gasteiger partial charge in [-0.3, -0.25) is 9.36 Å². The summed E-state index contributed by atoms with van der Waals surface area (Å²) in [7, 11) is 3.60. The number of halogens is 1. The Kier molecular flexibility index (Phi) is 10.1. The molecule has 0 bridgehead atoms. The highest BCUT2D eigenvalue weighted by molar-refractivity contribution is 8.09. The van der Waals surface area contributed by atoms with Crippen molar-refractivity contribution >= 4 is 52.2 Å². The Morgan fingerprint density at radius 1 is 1.27 bits per heavy atom. The summed E-state index contributed by atoms with van der Waals surface area (Å²) >= 11 is 5.92. The van der Waals surface area contributed by atoms with Crippen LogP contribution in [0.2, 0.25) is 0 Å². The predicted molar refractivity (Wildman–Crippen MR) is 185 cm³/mol. The second-order valence-corrected chi connectivity index (χ2v) is 16.2. The van der Waals surface area contributed by atoms with E-state index in [0.717, 1.165) is 10.8 Å². The zero-order chi connectivity index (χ0) is 35.0. The van der Waals surface area contributed by atoms with E-state index in [1.54, 1.807) is 45.0 Å². The molecule has 0 saturated carbocycles. The molecule has 15 heteroatoms. The van der Waals surface area contributed by atoms with Crippen LogP contribution in [0.4, 0.5) is 10.2 Å². The maximum absolute atomic E-state index is 16.5. The van der Waals surface area contributed by atoms with Crippen LogP contribution < -0.4 is 14.5 Å². The molecule has 1 fully saturated rings. The van der Waals surface area contributed by atoms with Gasteiger partial charge in [-0.25, -0.2) is 24.4 Å². The smallest absolute Gasteiger partial charge is 0.323 e. The molecule has 4 aromatic rings. The third kappa shape index (κ3) is 7.32. The lowest BCUT2D eigenvalue weighted by molar-refractivity contribution is -0.148. The Labute approximate surface area is 284 Å². The van der Waals surface area contributed by atoms with Gasteiger partial charge < -0.3 is 28.5 Å². The Morgan fingerprint density at radius 2 is 1.98 bits per heavy atom. The lowest BCUT2D eigenvalue weighted by Crippen LogP contribution is -2.42. The number of aliphatic hydroxyl groups is 1. The van der Waals surface area contributed by atoms with Crippen molar-refractivity contribution in [2.24, 2.45) is 5.41 Å². The van der Waals surface area contributed by atoms with Gasteiger partial charge in [-0.15, -0.1) is 6.42 Å². The number of carbonyl (C=O) groups is 1. The van der Waals surface area contributed by atoms with Crippen LogP contribution in [0.5, 0.6) is 5.75 Å². The number of rotatable bonds is 11. The molecule has 1 unspecified atom stereocenters. The summed E-state index contributed by atoms with van der Waals surface area (Å²) in [6, 6.07) is 12.1. The number of esters is 1. The van der Waals surface area contributed by atoms with Crippen molar-refractivity contribution in [2.45, 2.75) is 64.8 Å². The quantitative estimate of drug-likeness (QED) is 0.126. The van der Waals surface area contributed by atoms with Gasteiger partial charge >= 0.3 is 12.6 Å². The van der Waals surface area contributed by atoms with Crippen LogP contribution in [0.15, 0.2) is 48.8 Å². The molecule has 12 nitrogen and oxygen atoms in total. The molecule has 0 aliphatic carbocycles. The van der Waals surface area contributed by atoms with E-state index >= 15 is 4.39 Å². The van der Waals surface area contributed by atoms with Gasteiger partial charge in [-0.1, -0.05) is 63.1 Å². The minimum atomic E-state index is -3.62. The van der Waals surface area contributed by atoms with E-state index < -0.39 is 49.4 Å². The van der Waals surface area contributed by atoms with E-state index in [1.807, 2.05) is 51.1 Å². The van der Waals surface area contributed by atoms with E-state index in [9.17, 15) is 9.90 Å². The van der Waals surface area contributed by atoms with Gasteiger partial charge in [0.2, 0.25) is 5.67 Å². The van der Waals surface area contributed by atoms with Crippen molar-refractivity contribution in [2.75, 3.05) is 32.2 Å². The van der Waals surface area contributed by atoms with Crippen LogP contribution in [-0.2, 0) is 30.6 Å². The monoisotopic (exact) mass is 698 g/mol. The average molecular weight is 699 g/mol. The lowest BCUT2D eigenvalue weighted by Gasteiger charge is -2.28. The number of alkyl halides is 1. The van der Waals surface area contributed by atoms with Crippen molar-refractivity contribution in [3.05, 3.63) is 54.6 Å². The number of nitrogens with zero attached hydrogens (tertiary/aromatic N) is 5. The molecule has 6 atom stereocenters. The fraction of sp³-hybridized carbons (Fsp3) is 0.455. The normalized spacial score (nSPS) is 23.0. The van der Waals surface area contributed by atoms with E-state index in [-0.39, 0.29) is 17.7 Å². The van der Waals surface area contributed by atoms with Crippen molar-refractivity contribution in [1.29, 1.82) is 0 Å². The highest BCUT2D eigenvalue weighted by Crippen LogP contribution is 2.49. The molecule has 0 spiro atoms. The lowest BCUT2D eigenvalue weighted by atomic mass is 9.97. The SMILES string of the molecule is C#C[C@@]1(F)[C@H](O)[C@@H](COP(=S)(N[C@@H](C)C(=O)OCC(C)(C)C)Oc2cccc3ccccc23)O[C@H]1n1cnc2c(N(C)C)nc(C)nc21. The molecule has 256 valence electrons. The van der Waals surface area contributed by atoms with E-state index in [0.29, 0.717) is 22.9 Å². The number of nitrogens with one attached hydrogen (secondary N) is 1. The van der Waals surface area contributed by atoms with Crippen LogP contribution in [0.3, 0.4) is 0 Å². The number of aliphatic hydroxyl groups excluding tert-OH is 1. The van der Waals surface area contributed by atoms with Gasteiger partial charge in [0.05, 0.1) is 19.5 Å². The largest absolute Gasteiger partial charge is 0.464 e. The van der Waals surface area contributed by atoms with Gasteiger partial charge in [-0.2, -0.15) is 0 Å². The first-order chi connectivity index (χ1) is 22.5. The van der Waals surface area contributed by atoms with Crippen molar-refractivity contribution < 1.29 is 32.8 Å². The number of benzene rings is 2. The van der Waals surface area contributed by atoms with E-state index in [2.05, 4.69) is 26.0 Å².